The van der Waals surface area contributed by atoms with Crippen molar-refractivity contribution in [1.29, 1.82) is 0 Å². The number of anilines is 2. The van der Waals surface area contributed by atoms with Gasteiger partial charge in [0.2, 0.25) is 5.88 Å². The lowest BCUT2D eigenvalue weighted by atomic mass is 10.2. The van der Waals surface area contributed by atoms with Crippen LogP contribution in [0.15, 0.2) is 12.1 Å². The quantitative estimate of drug-likeness (QED) is 0.887. The number of nitrogen functional groups attached to an aromatic ring is 1. The van der Waals surface area contributed by atoms with Crippen LogP contribution in [0.5, 0.6) is 5.88 Å². The molecule has 1 unspecified atom stereocenters. The lowest BCUT2D eigenvalue weighted by Crippen LogP contribution is -2.20. The SMILES string of the molecule is CC1CCN(c2ccc(N)c(OCC3CC3)n2)C1. The Morgan fingerprint density at radius 3 is 2.89 bits per heavy atom. The predicted molar refractivity (Wildman–Crippen MR) is 72.9 cm³/mol. The number of hydrogen-bond donors (Lipinski definition) is 1. The zero-order chi connectivity index (χ0) is 12.5. The largest absolute Gasteiger partial charge is 0.476 e. The minimum Gasteiger partial charge on any atom is -0.476 e. The molecule has 1 aliphatic heterocycles. The van der Waals surface area contributed by atoms with Crippen molar-refractivity contribution in [2.75, 3.05) is 30.3 Å². The summed E-state index contributed by atoms with van der Waals surface area (Å²) in [5.74, 6) is 3.08. The molecule has 2 fully saturated rings. The van der Waals surface area contributed by atoms with Gasteiger partial charge in [-0.15, -0.1) is 0 Å². The van der Waals surface area contributed by atoms with Crippen molar-refractivity contribution < 1.29 is 4.74 Å². The second-order valence-corrected chi connectivity index (χ2v) is 5.66. The molecule has 2 aliphatic rings. The lowest BCUT2D eigenvalue weighted by Gasteiger charge is -2.18. The van der Waals surface area contributed by atoms with Gasteiger partial charge in [0.05, 0.1) is 12.3 Å². The van der Waals surface area contributed by atoms with Gasteiger partial charge in [-0.05, 0) is 43.2 Å². The van der Waals surface area contributed by atoms with Crippen LogP contribution in [0, 0.1) is 11.8 Å². The Kier molecular flexibility index (Phi) is 3.02. The molecule has 0 spiro atoms. The van der Waals surface area contributed by atoms with Gasteiger partial charge in [0.15, 0.2) is 0 Å². The van der Waals surface area contributed by atoms with Crippen LogP contribution in [-0.4, -0.2) is 24.7 Å². The lowest BCUT2D eigenvalue weighted by molar-refractivity contribution is 0.290. The number of hydrogen-bond acceptors (Lipinski definition) is 4. The summed E-state index contributed by atoms with van der Waals surface area (Å²) in [6, 6.07) is 3.91. The van der Waals surface area contributed by atoms with Gasteiger partial charge in [-0.1, -0.05) is 6.92 Å². The summed E-state index contributed by atoms with van der Waals surface area (Å²) in [7, 11) is 0. The van der Waals surface area contributed by atoms with E-state index in [4.69, 9.17) is 10.5 Å². The highest BCUT2D eigenvalue weighted by Crippen LogP contribution is 2.31. The van der Waals surface area contributed by atoms with Crippen LogP contribution in [-0.2, 0) is 0 Å². The first-order chi connectivity index (χ1) is 8.72. The second-order valence-electron chi connectivity index (χ2n) is 5.66. The molecule has 2 N–H and O–H groups in total. The minimum absolute atomic E-state index is 0.610. The fourth-order valence-electron chi connectivity index (χ4n) is 2.36. The first-order valence-electron chi connectivity index (χ1n) is 6.86. The molecular formula is C14H21N3O. The highest BCUT2D eigenvalue weighted by molar-refractivity contribution is 5.54. The van der Waals surface area contributed by atoms with Crippen LogP contribution in [0.2, 0.25) is 0 Å². The van der Waals surface area contributed by atoms with Crippen molar-refractivity contribution in [3.8, 4) is 5.88 Å². The van der Waals surface area contributed by atoms with E-state index in [0.29, 0.717) is 11.6 Å². The average molecular weight is 247 g/mol. The van der Waals surface area contributed by atoms with Crippen molar-refractivity contribution in [2.24, 2.45) is 11.8 Å². The van der Waals surface area contributed by atoms with E-state index in [1.165, 1.54) is 19.3 Å². The number of ether oxygens (including phenoxy) is 1. The molecule has 0 amide bonds. The Hall–Kier alpha value is -1.45. The second kappa shape index (κ2) is 4.67. The molecule has 0 bridgehead atoms. The van der Waals surface area contributed by atoms with Gasteiger partial charge in [0.1, 0.15) is 5.82 Å². The Morgan fingerprint density at radius 2 is 2.22 bits per heavy atom. The van der Waals surface area contributed by atoms with Gasteiger partial charge >= 0.3 is 0 Å². The smallest absolute Gasteiger partial charge is 0.239 e. The Morgan fingerprint density at radius 1 is 1.39 bits per heavy atom. The molecule has 3 rings (SSSR count). The van der Waals surface area contributed by atoms with E-state index in [0.717, 1.165) is 37.4 Å². The van der Waals surface area contributed by atoms with Crippen molar-refractivity contribution >= 4 is 11.5 Å². The molecule has 1 aromatic rings. The van der Waals surface area contributed by atoms with E-state index in [9.17, 15) is 0 Å². The highest BCUT2D eigenvalue weighted by Gasteiger charge is 2.24. The van der Waals surface area contributed by atoms with Crippen LogP contribution in [0.25, 0.3) is 0 Å². The zero-order valence-electron chi connectivity index (χ0n) is 10.9. The normalized spacial score (nSPS) is 23.4. The molecule has 2 heterocycles. The maximum absolute atomic E-state index is 5.92. The monoisotopic (exact) mass is 247 g/mol. The number of pyridine rings is 1. The minimum atomic E-state index is 0.610. The molecule has 98 valence electrons. The summed E-state index contributed by atoms with van der Waals surface area (Å²) in [4.78, 5) is 6.88. The van der Waals surface area contributed by atoms with Gasteiger partial charge in [-0.3, -0.25) is 0 Å². The van der Waals surface area contributed by atoms with Crippen LogP contribution >= 0.6 is 0 Å². The van der Waals surface area contributed by atoms with E-state index < -0.39 is 0 Å². The van der Waals surface area contributed by atoms with E-state index in [2.05, 4.69) is 16.8 Å². The number of nitrogens with two attached hydrogens (primary N) is 1. The third kappa shape index (κ3) is 2.52. The van der Waals surface area contributed by atoms with Gasteiger partial charge < -0.3 is 15.4 Å². The van der Waals surface area contributed by atoms with Gasteiger partial charge in [-0.25, -0.2) is 0 Å². The fourth-order valence-corrected chi connectivity index (χ4v) is 2.36. The summed E-state index contributed by atoms with van der Waals surface area (Å²) >= 11 is 0. The first-order valence-corrected chi connectivity index (χ1v) is 6.86. The summed E-state index contributed by atoms with van der Waals surface area (Å²) < 4.78 is 5.72. The Balaban J connectivity index is 1.72. The van der Waals surface area contributed by atoms with E-state index in [-0.39, 0.29) is 0 Å². The topological polar surface area (TPSA) is 51.4 Å². The molecule has 4 nitrogen and oxygen atoms in total. The summed E-state index contributed by atoms with van der Waals surface area (Å²) in [5.41, 5.74) is 6.56. The first kappa shape index (κ1) is 11.6. The summed E-state index contributed by atoms with van der Waals surface area (Å²) in [5, 5.41) is 0. The van der Waals surface area contributed by atoms with Crippen LogP contribution in [0.4, 0.5) is 11.5 Å². The van der Waals surface area contributed by atoms with Crippen molar-refractivity contribution in [3.63, 3.8) is 0 Å². The third-order valence-corrected chi connectivity index (χ3v) is 3.78. The molecule has 18 heavy (non-hydrogen) atoms. The van der Waals surface area contributed by atoms with Gasteiger partial charge in [0.25, 0.3) is 0 Å². The van der Waals surface area contributed by atoms with E-state index >= 15 is 0 Å². The zero-order valence-corrected chi connectivity index (χ0v) is 10.9. The maximum atomic E-state index is 5.92. The number of nitrogens with zero attached hydrogens (tertiary/aromatic N) is 2. The van der Waals surface area contributed by atoms with Crippen molar-refractivity contribution in [3.05, 3.63) is 12.1 Å². The standard InChI is InChI=1S/C14H21N3O/c1-10-6-7-17(8-10)13-5-4-12(15)14(16-13)18-9-11-2-3-11/h4-5,10-11H,2-3,6-9,15H2,1H3. The molecule has 1 atom stereocenters. The van der Waals surface area contributed by atoms with E-state index in [1.54, 1.807) is 0 Å². The van der Waals surface area contributed by atoms with Gasteiger partial charge in [0, 0.05) is 13.1 Å². The maximum Gasteiger partial charge on any atom is 0.239 e. The number of rotatable bonds is 4. The Labute approximate surface area is 108 Å². The molecule has 4 heteroatoms. The van der Waals surface area contributed by atoms with E-state index in [1.807, 2.05) is 12.1 Å². The van der Waals surface area contributed by atoms with Crippen molar-refractivity contribution in [1.82, 2.24) is 4.98 Å². The molecule has 1 saturated heterocycles. The van der Waals surface area contributed by atoms with Gasteiger partial charge in [-0.2, -0.15) is 4.98 Å². The molecule has 0 radical (unpaired) electrons. The number of aromatic nitrogens is 1. The third-order valence-electron chi connectivity index (χ3n) is 3.78. The highest BCUT2D eigenvalue weighted by atomic mass is 16.5. The van der Waals surface area contributed by atoms with Crippen molar-refractivity contribution in [2.45, 2.75) is 26.2 Å². The van der Waals surface area contributed by atoms with Crippen LogP contribution < -0.4 is 15.4 Å². The molecule has 1 saturated carbocycles. The molecule has 1 aromatic heterocycles. The average Bonchev–Trinajstić information content (AvgIpc) is 3.09. The molecule has 0 aromatic carbocycles. The fraction of sp³-hybridized carbons (Fsp3) is 0.643. The van der Waals surface area contributed by atoms with Crippen LogP contribution in [0.3, 0.4) is 0 Å². The summed E-state index contributed by atoms with van der Waals surface area (Å²) in [6.45, 7) is 5.21. The van der Waals surface area contributed by atoms with Crippen LogP contribution in [0.1, 0.15) is 26.2 Å². The molecule has 1 aliphatic carbocycles. The molecular weight excluding hydrogens is 226 g/mol. The predicted octanol–water partition coefficient (Wildman–Crippen LogP) is 2.30. The summed E-state index contributed by atoms with van der Waals surface area (Å²) in [6.07, 6.45) is 3.80. The Bertz CT molecular complexity index is 431.